The molecule has 29 heavy (non-hydrogen) atoms. The van der Waals surface area contributed by atoms with E-state index >= 15 is 0 Å². The number of carbonyl (C=O) groups is 1. The van der Waals surface area contributed by atoms with E-state index in [1.807, 2.05) is 0 Å². The van der Waals surface area contributed by atoms with E-state index in [1.54, 1.807) is 0 Å². The molecule has 3 N–H and O–H groups in total. The molecule has 0 aromatic heterocycles. The van der Waals surface area contributed by atoms with Crippen LogP contribution in [0.25, 0.3) is 0 Å². The number of methoxy groups -OCH3 is 1. The van der Waals surface area contributed by atoms with Crippen molar-refractivity contribution < 1.29 is 17.9 Å². The van der Waals surface area contributed by atoms with Crippen LogP contribution in [0.1, 0.15) is 34.8 Å². The molecule has 0 spiro atoms. The number of nitrogens with two attached hydrogens (primary N) is 1. The van der Waals surface area contributed by atoms with Gasteiger partial charge in [0.15, 0.2) is 0 Å². The van der Waals surface area contributed by atoms with Crippen LogP contribution in [0.4, 0.5) is 0 Å². The first-order chi connectivity index (χ1) is 13.8. The Morgan fingerprint density at radius 1 is 1.24 bits per heavy atom. The minimum atomic E-state index is -3.91. The quantitative estimate of drug-likeness (QED) is 0.717. The topological polar surface area (TPSA) is 102 Å². The Morgan fingerprint density at radius 3 is 2.62 bits per heavy atom. The van der Waals surface area contributed by atoms with Gasteiger partial charge in [-0.15, -0.1) is 0 Å². The fourth-order valence-corrected chi connectivity index (χ4v) is 4.25. The average molecular weight is 418 g/mol. The molecule has 0 radical (unpaired) electrons. The van der Waals surface area contributed by atoms with Crippen molar-refractivity contribution in [3.8, 4) is 5.75 Å². The highest BCUT2D eigenvalue weighted by molar-refractivity contribution is 7.89. The van der Waals surface area contributed by atoms with E-state index in [-0.39, 0.29) is 22.4 Å². The van der Waals surface area contributed by atoms with Gasteiger partial charge in [0.2, 0.25) is 10.0 Å². The third kappa shape index (κ3) is 4.95. The zero-order valence-corrected chi connectivity index (χ0v) is 17.5. The molecule has 2 aromatic carbocycles. The lowest BCUT2D eigenvalue weighted by Gasteiger charge is -2.35. The van der Waals surface area contributed by atoms with Gasteiger partial charge in [0.25, 0.3) is 5.91 Å². The fraction of sp³-hybridized carbons (Fsp3) is 0.381. The largest absolute Gasteiger partial charge is 0.496 e. The molecule has 0 aliphatic carbocycles. The molecule has 0 fully saturated rings. The first-order valence-electron chi connectivity index (χ1n) is 9.63. The average Bonchev–Trinajstić information content (AvgIpc) is 2.72. The number of primary sulfonamides is 1. The van der Waals surface area contributed by atoms with Gasteiger partial charge in [-0.05, 0) is 42.2 Å². The minimum absolute atomic E-state index is 0.122. The van der Waals surface area contributed by atoms with Crippen LogP contribution in [0, 0.1) is 0 Å². The van der Waals surface area contributed by atoms with Crippen LogP contribution < -0.4 is 15.2 Å². The number of rotatable bonds is 7. The van der Waals surface area contributed by atoms with Crippen LogP contribution in [0.3, 0.4) is 0 Å². The van der Waals surface area contributed by atoms with Crippen LogP contribution in [0.5, 0.6) is 5.75 Å². The van der Waals surface area contributed by atoms with E-state index in [9.17, 15) is 13.2 Å². The van der Waals surface area contributed by atoms with Crippen molar-refractivity contribution >= 4 is 15.9 Å². The van der Waals surface area contributed by atoms with Crippen LogP contribution in [-0.4, -0.2) is 45.5 Å². The van der Waals surface area contributed by atoms with Gasteiger partial charge in [-0.1, -0.05) is 31.2 Å². The van der Waals surface area contributed by atoms with Crippen molar-refractivity contribution in [2.24, 2.45) is 5.14 Å². The summed E-state index contributed by atoms with van der Waals surface area (Å²) in [4.78, 5) is 15.0. The first kappa shape index (κ1) is 21.3. The maximum Gasteiger partial charge on any atom is 0.255 e. The second-order valence-electron chi connectivity index (χ2n) is 7.17. The van der Waals surface area contributed by atoms with E-state index in [0.29, 0.717) is 12.3 Å². The lowest BCUT2D eigenvalue weighted by Crippen LogP contribution is -2.45. The van der Waals surface area contributed by atoms with E-state index in [4.69, 9.17) is 9.88 Å². The van der Waals surface area contributed by atoms with Crippen LogP contribution in [0.15, 0.2) is 47.4 Å². The SMILES string of the molecule is CC[C@H](CNC(=O)c1cc(S(N)(=O)=O)ccc1OC)N1CCc2ccccc2C1. The normalized spacial score (nSPS) is 15.4. The number of hydrogen-bond donors (Lipinski definition) is 2. The lowest BCUT2D eigenvalue weighted by molar-refractivity contribution is 0.0923. The Kier molecular flexibility index (Phi) is 6.56. The van der Waals surface area contributed by atoms with Crippen LogP contribution >= 0.6 is 0 Å². The van der Waals surface area contributed by atoms with Gasteiger partial charge in [0.1, 0.15) is 5.75 Å². The van der Waals surface area contributed by atoms with Crippen molar-refractivity contribution in [2.75, 3.05) is 20.2 Å². The Bertz CT molecular complexity index is 991. The van der Waals surface area contributed by atoms with Crippen molar-refractivity contribution in [2.45, 2.75) is 37.2 Å². The first-order valence-corrected chi connectivity index (χ1v) is 11.2. The maximum absolute atomic E-state index is 12.8. The third-order valence-corrected chi connectivity index (χ3v) is 6.30. The van der Waals surface area contributed by atoms with Crippen LogP contribution in [-0.2, 0) is 23.0 Å². The van der Waals surface area contributed by atoms with Crippen molar-refractivity contribution in [3.05, 3.63) is 59.2 Å². The molecule has 0 saturated carbocycles. The molecular weight excluding hydrogens is 390 g/mol. The minimum Gasteiger partial charge on any atom is -0.496 e. The number of carbonyl (C=O) groups excluding carboxylic acids is 1. The number of amides is 1. The summed E-state index contributed by atoms with van der Waals surface area (Å²) in [6.45, 7) is 4.35. The number of ether oxygens (including phenoxy) is 1. The highest BCUT2D eigenvalue weighted by Gasteiger charge is 2.24. The summed E-state index contributed by atoms with van der Waals surface area (Å²) in [5.41, 5.74) is 2.86. The number of hydrogen-bond acceptors (Lipinski definition) is 5. The summed E-state index contributed by atoms with van der Waals surface area (Å²) in [5.74, 6) is -0.0851. The van der Waals surface area contributed by atoms with Gasteiger partial charge in [-0.3, -0.25) is 9.69 Å². The van der Waals surface area contributed by atoms with Gasteiger partial charge in [-0.25, -0.2) is 13.6 Å². The lowest BCUT2D eigenvalue weighted by atomic mass is 9.98. The van der Waals surface area contributed by atoms with Gasteiger partial charge in [0, 0.05) is 25.7 Å². The number of fused-ring (bicyclic) bond motifs is 1. The fourth-order valence-electron chi connectivity index (χ4n) is 3.71. The molecule has 3 rings (SSSR count). The zero-order chi connectivity index (χ0) is 21.0. The predicted molar refractivity (Wildman–Crippen MR) is 111 cm³/mol. The Morgan fingerprint density at radius 2 is 1.97 bits per heavy atom. The molecule has 7 nitrogen and oxygen atoms in total. The van der Waals surface area contributed by atoms with Gasteiger partial charge in [0.05, 0.1) is 17.6 Å². The molecule has 8 heteroatoms. The molecule has 0 unspecified atom stereocenters. The molecule has 156 valence electrons. The Labute approximate surface area is 171 Å². The molecule has 1 atom stereocenters. The number of benzene rings is 2. The summed E-state index contributed by atoms with van der Waals surface area (Å²) in [7, 11) is -2.48. The Hall–Kier alpha value is -2.42. The van der Waals surface area contributed by atoms with E-state index in [2.05, 4.69) is 41.4 Å². The van der Waals surface area contributed by atoms with Gasteiger partial charge >= 0.3 is 0 Å². The smallest absolute Gasteiger partial charge is 0.255 e. The highest BCUT2D eigenvalue weighted by Crippen LogP contribution is 2.23. The van der Waals surface area contributed by atoms with Gasteiger partial charge in [-0.2, -0.15) is 0 Å². The molecule has 1 aliphatic rings. The van der Waals surface area contributed by atoms with Crippen LogP contribution in [0.2, 0.25) is 0 Å². The summed E-state index contributed by atoms with van der Waals surface area (Å²) in [6, 6.07) is 12.6. The molecule has 1 heterocycles. The van der Waals surface area contributed by atoms with Crippen molar-refractivity contribution in [1.29, 1.82) is 0 Å². The molecule has 1 amide bonds. The molecule has 0 bridgehead atoms. The predicted octanol–water partition coefficient (Wildman–Crippen LogP) is 1.91. The molecule has 2 aromatic rings. The summed E-state index contributed by atoms with van der Waals surface area (Å²) >= 11 is 0. The molecule has 0 saturated heterocycles. The second kappa shape index (κ2) is 8.94. The number of sulfonamides is 1. The van der Waals surface area contributed by atoms with Crippen molar-refractivity contribution in [1.82, 2.24) is 10.2 Å². The monoisotopic (exact) mass is 417 g/mol. The van der Waals surface area contributed by atoms with E-state index in [1.165, 1.54) is 36.4 Å². The summed E-state index contributed by atoms with van der Waals surface area (Å²) in [5, 5.41) is 8.12. The molecule has 1 aliphatic heterocycles. The standard InChI is InChI=1S/C21H27N3O4S/c1-3-17(24-11-10-15-6-4-5-7-16(15)14-24)13-23-21(25)19-12-18(29(22,26)27)8-9-20(19)28-2/h4-9,12,17H,3,10-11,13-14H2,1-2H3,(H,23,25)(H2,22,26,27)/t17-/m1/s1. The second-order valence-corrected chi connectivity index (χ2v) is 8.73. The number of nitrogens with one attached hydrogen (secondary N) is 1. The zero-order valence-electron chi connectivity index (χ0n) is 16.7. The summed E-state index contributed by atoms with van der Waals surface area (Å²) < 4.78 is 28.5. The van der Waals surface area contributed by atoms with Gasteiger partial charge < -0.3 is 10.1 Å². The van der Waals surface area contributed by atoms with E-state index < -0.39 is 10.0 Å². The molecular formula is C21H27N3O4S. The number of nitrogens with zero attached hydrogens (tertiary/aromatic N) is 1. The van der Waals surface area contributed by atoms with Crippen molar-refractivity contribution in [3.63, 3.8) is 0 Å². The Balaban J connectivity index is 1.71. The maximum atomic E-state index is 12.8. The summed E-state index contributed by atoms with van der Waals surface area (Å²) in [6.07, 6.45) is 1.88. The highest BCUT2D eigenvalue weighted by atomic mass is 32.2. The van der Waals surface area contributed by atoms with E-state index in [0.717, 1.165) is 25.9 Å². The third-order valence-electron chi connectivity index (χ3n) is 5.39.